The lowest BCUT2D eigenvalue weighted by Crippen LogP contribution is -2.44. The molecule has 1 aromatic heterocycles. The quantitative estimate of drug-likeness (QED) is 0.808. The van der Waals surface area contributed by atoms with Crippen LogP contribution < -0.4 is 5.32 Å². The van der Waals surface area contributed by atoms with Gasteiger partial charge in [-0.15, -0.1) is 0 Å². The smallest absolute Gasteiger partial charge is 0.326 e. The highest BCUT2D eigenvalue weighted by Crippen LogP contribution is 2.18. The van der Waals surface area contributed by atoms with E-state index < -0.39 is 17.9 Å². The first-order valence-corrected chi connectivity index (χ1v) is 7.42. The maximum absolute atomic E-state index is 12.3. The SMILES string of the molecule is CCCCc1nc(Cl)c(C(=O)N[C@H](C(=O)O)C(C)C)n1C. The van der Waals surface area contributed by atoms with Gasteiger partial charge in [-0.1, -0.05) is 38.8 Å². The number of hydrogen-bond acceptors (Lipinski definition) is 3. The number of nitrogens with zero attached hydrogens (tertiary/aromatic N) is 2. The molecular formula is C14H22ClN3O3. The fourth-order valence-electron chi connectivity index (χ4n) is 2.04. The lowest BCUT2D eigenvalue weighted by atomic mass is 10.0. The zero-order valence-electron chi connectivity index (χ0n) is 12.8. The van der Waals surface area contributed by atoms with E-state index in [4.69, 9.17) is 16.7 Å². The standard InChI is InChI=1S/C14H22ClN3O3/c1-5-6-7-9-16-12(15)11(18(9)4)13(19)17-10(8(2)3)14(20)21/h8,10H,5-7H2,1-4H3,(H,17,19)(H,20,21)/t10-/m0/s1. The van der Waals surface area contributed by atoms with Gasteiger partial charge in [0.2, 0.25) is 0 Å². The number of carbonyl (C=O) groups excluding carboxylic acids is 1. The third kappa shape index (κ3) is 4.20. The van der Waals surface area contributed by atoms with Crippen molar-refractivity contribution in [2.24, 2.45) is 13.0 Å². The van der Waals surface area contributed by atoms with Crippen molar-refractivity contribution in [1.82, 2.24) is 14.9 Å². The summed E-state index contributed by atoms with van der Waals surface area (Å²) in [4.78, 5) is 27.6. The summed E-state index contributed by atoms with van der Waals surface area (Å²) in [6.45, 7) is 5.53. The van der Waals surface area contributed by atoms with Crippen molar-refractivity contribution >= 4 is 23.5 Å². The topological polar surface area (TPSA) is 84.2 Å². The van der Waals surface area contributed by atoms with E-state index in [1.54, 1.807) is 25.5 Å². The Balaban J connectivity index is 2.97. The molecule has 0 saturated carbocycles. The van der Waals surface area contributed by atoms with Gasteiger partial charge in [-0.3, -0.25) is 4.79 Å². The molecule has 7 heteroatoms. The Morgan fingerprint density at radius 1 is 1.43 bits per heavy atom. The van der Waals surface area contributed by atoms with Gasteiger partial charge in [0.1, 0.15) is 17.6 Å². The second kappa shape index (κ2) is 7.45. The first kappa shape index (κ1) is 17.5. The van der Waals surface area contributed by atoms with Gasteiger partial charge < -0.3 is 15.0 Å². The predicted octanol–water partition coefficient (Wildman–Crippen LogP) is 2.26. The Morgan fingerprint density at radius 2 is 2.05 bits per heavy atom. The van der Waals surface area contributed by atoms with Crippen LogP contribution in [0.3, 0.4) is 0 Å². The minimum atomic E-state index is -1.07. The molecule has 1 amide bonds. The maximum Gasteiger partial charge on any atom is 0.326 e. The van der Waals surface area contributed by atoms with Crippen LogP contribution >= 0.6 is 11.6 Å². The lowest BCUT2D eigenvalue weighted by Gasteiger charge is -2.18. The van der Waals surface area contributed by atoms with E-state index in [0.29, 0.717) is 0 Å². The Labute approximate surface area is 129 Å². The number of halogens is 1. The Morgan fingerprint density at radius 3 is 2.52 bits per heavy atom. The zero-order valence-corrected chi connectivity index (χ0v) is 13.6. The van der Waals surface area contributed by atoms with Crippen LogP contribution in [0, 0.1) is 5.92 Å². The molecule has 118 valence electrons. The van der Waals surface area contributed by atoms with Crippen LogP contribution in [0.5, 0.6) is 0 Å². The molecule has 1 atom stereocenters. The molecule has 6 nitrogen and oxygen atoms in total. The molecule has 2 N–H and O–H groups in total. The summed E-state index contributed by atoms with van der Waals surface area (Å²) >= 11 is 6.03. The fourth-order valence-corrected chi connectivity index (χ4v) is 2.35. The van der Waals surface area contributed by atoms with Gasteiger partial charge in [-0.05, 0) is 12.3 Å². The van der Waals surface area contributed by atoms with Gasteiger partial charge in [0.05, 0.1) is 0 Å². The van der Waals surface area contributed by atoms with Gasteiger partial charge in [0.25, 0.3) is 5.91 Å². The zero-order chi connectivity index (χ0) is 16.2. The number of unbranched alkanes of at least 4 members (excludes halogenated alkanes) is 1. The van der Waals surface area contributed by atoms with Crippen LogP contribution in [0.1, 0.15) is 49.9 Å². The van der Waals surface area contributed by atoms with Crippen LogP contribution in [-0.2, 0) is 18.3 Å². The van der Waals surface area contributed by atoms with Crippen molar-refractivity contribution in [3.63, 3.8) is 0 Å². The van der Waals surface area contributed by atoms with E-state index in [9.17, 15) is 9.59 Å². The van der Waals surface area contributed by atoms with E-state index in [0.717, 1.165) is 25.1 Å². The van der Waals surface area contributed by atoms with E-state index >= 15 is 0 Å². The summed E-state index contributed by atoms with van der Waals surface area (Å²) < 4.78 is 1.63. The van der Waals surface area contributed by atoms with Crippen molar-refractivity contribution in [3.8, 4) is 0 Å². The van der Waals surface area contributed by atoms with Gasteiger partial charge in [0.15, 0.2) is 5.15 Å². The molecule has 0 aliphatic heterocycles. The van der Waals surface area contributed by atoms with Crippen LogP contribution in [-0.4, -0.2) is 32.6 Å². The van der Waals surface area contributed by atoms with Crippen LogP contribution in [0.25, 0.3) is 0 Å². The van der Waals surface area contributed by atoms with Gasteiger partial charge in [-0.2, -0.15) is 0 Å². The average molecular weight is 316 g/mol. The van der Waals surface area contributed by atoms with Crippen LogP contribution in [0.2, 0.25) is 5.15 Å². The number of amides is 1. The molecule has 0 aliphatic carbocycles. The number of nitrogens with one attached hydrogen (secondary N) is 1. The molecule has 1 aromatic rings. The van der Waals surface area contributed by atoms with E-state index in [1.807, 2.05) is 0 Å². The summed E-state index contributed by atoms with van der Waals surface area (Å²) in [6, 6.07) is -0.956. The first-order valence-electron chi connectivity index (χ1n) is 7.04. The van der Waals surface area contributed by atoms with Crippen molar-refractivity contribution in [2.75, 3.05) is 0 Å². The van der Waals surface area contributed by atoms with E-state index in [-0.39, 0.29) is 16.8 Å². The highest BCUT2D eigenvalue weighted by molar-refractivity contribution is 6.32. The molecular weight excluding hydrogens is 294 g/mol. The summed E-state index contributed by atoms with van der Waals surface area (Å²) in [5.74, 6) is -1.08. The first-order chi connectivity index (χ1) is 9.79. The highest BCUT2D eigenvalue weighted by atomic mass is 35.5. The molecule has 0 aromatic carbocycles. The molecule has 21 heavy (non-hydrogen) atoms. The number of hydrogen-bond donors (Lipinski definition) is 2. The van der Waals surface area contributed by atoms with E-state index in [1.165, 1.54) is 0 Å². The van der Waals surface area contributed by atoms with Crippen molar-refractivity contribution < 1.29 is 14.7 Å². The number of aryl methyl sites for hydroxylation is 1. The Kier molecular flexibility index (Phi) is 6.20. The molecule has 0 bridgehead atoms. The molecule has 0 unspecified atom stereocenters. The average Bonchev–Trinajstić information content (AvgIpc) is 2.67. The Hall–Kier alpha value is -1.56. The maximum atomic E-state index is 12.3. The van der Waals surface area contributed by atoms with Gasteiger partial charge in [-0.25, -0.2) is 9.78 Å². The van der Waals surface area contributed by atoms with Gasteiger partial charge >= 0.3 is 5.97 Å². The lowest BCUT2D eigenvalue weighted by molar-refractivity contribution is -0.140. The molecule has 0 spiro atoms. The van der Waals surface area contributed by atoms with Crippen LogP contribution in [0.15, 0.2) is 0 Å². The number of aromatic nitrogens is 2. The minimum Gasteiger partial charge on any atom is -0.480 e. The molecule has 0 fully saturated rings. The number of rotatable bonds is 7. The molecule has 0 radical (unpaired) electrons. The summed E-state index contributed by atoms with van der Waals surface area (Å²) in [5.41, 5.74) is 0.203. The normalized spacial score (nSPS) is 12.5. The molecule has 1 heterocycles. The molecule has 0 saturated heterocycles. The monoisotopic (exact) mass is 315 g/mol. The summed E-state index contributed by atoms with van der Waals surface area (Å²) in [5, 5.41) is 11.7. The third-order valence-electron chi connectivity index (χ3n) is 3.33. The second-order valence-corrected chi connectivity index (χ2v) is 5.72. The number of carboxylic acids is 1. The second-order valence-electron chi connectivity index (χ2n) is 5.36. The van der Waals surface area contributed by atoms with E-state index in [2.05, 4.69) is 17.2 Å². The molecule has 1 rings (SSSR count). The minimum absolute atomic E-state index is 0.106. The highest BCUT2D eigenvalue weighted by Gasteiger charge is 2.27. The van der Waals surface area contributed by atoms with Crippen molar-refractivity contribution in [1.29, 1.82) is 0 Å². The van der Waals surface area contributed by atoms with Gasteiger partial charge in [0, 0.05) is 13.5 Å². The van der Waals surface area contributed by atoms with Crippen molar-refractivity contribution in [3.05, 3.63) is 16.7 Å². The number of carbonyl (C=O) groups is 2. The fraction of sp³-hybridized carbons (Fsp3) is 0.643. The largest absolute Gasteiger partial charge is 0.480 e. The number of aliphatic carboxylic acids is 1. The number of imidazole rings is 1. The Bertz CT molecular complexity index is 526. The third-order valence-corrected chi connectivity index (χ3v) is 3.60. The van der Waals surface area contributed by atoms with Crippen LogP contribution in [0.4, 0.5) is 0 Å². The molecule has 0 aliphatic rings. The summed E-state index contributed by atoms with van der Waals surface area (Å²) in [7, 11) is 1.71. The number of carboxylic acid groups (broad SMARTS) is 1. The summed E-state index contributed by atoms with van der Waals surface area (Å²) in [6.07, 6.45) is 2.69. The predicted molar refractivity (Wildman–Crippen MR) is 80.6 cm³/mol. The van der Waals surface area contributed by atoms with Crippen molar-refractivity contribution in [2.45, 2.75) is 46.1 Å².